The van der Waals surface area contributed by atoms with Gasteiger partial charge in [-0.2, -0.15) is 0 Å². The number of rotatable bonds is 2. The van der Waals surface area contributed by atoms with Crippen molar-refractivity contribution in [3.05, 3.63) is 30.3 Å². The van der Waals surface area contributed by atoms with E-state index in [0.717, 1.165) is 12.5 Å². The Hall–Kier alpha value is -1.51. The van der Waals surface area contributed by atoms with Gasteiger partial charge in [0.25, 0.3) is 0 Å². The van der Waals surface area contributed by atoms with Gasteiger partial charge in [0.15, 0.2) is 5.96 Å². The summed E-state index contributed by atoms with van der Waals surface area (Å²) in [6.45, 7) is 0.866. The first-order valence-electron chi connectivity index (χ1n) is 7.00. The number of hydrogen-bond donors (Lipinski definition) is 1. The molecule has 96 valence electrons. The Balaban J connectivity index is 1.82. The van der Waals surface area contributed by atoms with Gasteiger partial charge >= 0.3 is 0 Å². The van der Waals surface area contributed by atoms with Crippen LogP contribution >= 0.6 is 0 Å². The SMILES string of the molecule is NC1=NCC(C2CCCCC2)N1c1ccccc1. The van der Waals surface area contributed by atoms with Crippen molar-refractivity contribution in [2.45, 2.75) is 38.1 Å². The molecular weight excluding hydrogens is 222 g/mol. The Morgan fingerprint density at radius 2 is 1.78 bits per heavy atom. The Kier molecular flexibility index (Phi) is 3.22. The molecule has 2 aliphatic rings. The van der Waals surface area contributed by atoms with Crippen molar-refractivity contribution in [1.29, 1.82) is 0 Å². The number of hydrogen-bond acceptors (Lipinski definition) is 3. The highest BCUT2D eigenvalue weighted by Gasteiger charge is 2.34. The van der Waals surface area contributed by atoms with E-state index in [0.29, 0.717) is 12.0 Å². The third-order valence-corrected chi connectivity index (χ3v) is 4.25. The van der Waals surface area contributed by atoms with E-state index in [9.17, 15) is 0 Å². The van der Waals surface area contributed by atoms with Crippen LogP contribution in [0.2, 0.25) is 0 Å². The molecule has 18 heavy (non-hydrogen) atoms. The molecule has 2 N–H and O–H groups in total. The predicted octanol–water partition coefficient (Wildman–Crippen LogP) is 2.77. The third kappa shape index (κ3) is 2.09. The second-order valence-corrected chi connectivity index (χ2v) is 5.37. The van der Waals surface area contributed by atoms with Gasteiger partial charge in [-0.1, -0.05) is 37.5 Å². The zero-order valence-corrected chi connectivity index (χ0v) is 10.8. The Labute approximate surface area is 109 Å². The molecule has 1 fully saturated rings. The van der Waals surface area contributed by atoms with Gasteiger partial charge in [0.1, 0.15) is 0 Å². The number of aliphatic imine (C=N–C) groups is 1. The lowest BCUT2D eigenvalue weighted by atomic mass is 9.83. The average molecular weight is 243 g/mol. The fourth-order valence-electron chi connectivity index (χ4n) is 3.31. The van der Waals surface area contributed by atoms with Gasteiger partial charge < -0.3 is 10.6 Å². The smallest absolute Gasteiger partial charge is 0.196 e. The monoisotopic (exact) mass is 243 g/mol. The van der Waals surface area contributed by atoms with Crippen molar-refractivity contribution in [2.24, 2.45) is 16.6 Å². The van der Waals surface area contributed by atoms with Crippen LogP contribution in [0.3, 0.4) is 0 Å². The first-order chi connectivity index (χ1) is 8.86. The minimum atomic E-state index is 0.479. The van der Waals surface area contributed by atoms with Gasteiger partial charge in [0.2, 0.25) is 0 Å². The van der Waals surface area contributed by atoms with E-state index in [-0.39, 0.29) is 0 Å². The second-order valence-electron chi connectivity index (χ2n) is 5.37. The van der Waals surface area contributed by atoms with Crippen molar-refractivity contribution in [3.8, 4) is 0 Å². The Bertz CT molecular complexity index is 421. The van der Waals surface area contributed by atoms with Crippen molar-refractivity contribution >= 4 is 11.6 Å². The molecule has 1 aliphatic carbocycles. The number of benzene rings is 1. The average Bonchev–Trinajstić information content (AvgIpc) is 2.83. The first kappa shape index (κ1) is 11.6. The summed E-state index contributed by atoms with van der Waals surface area (Å²) in [5.74, 6) is 1.44. The minimum Gasteiger partial charge on any atom is -0.370 e. The molecule has 1 heterocycles. The molecule has 0 saturated heterocycles. The summed E-state index contributed by atoms with van der Waals surface area (Å²) in [7, 11) is 0. The standard InChI is InChI=1S/C15H21N3/c16-15-17-11-14(12-7-3-1-4-8-12)18(15)13-9-5-2-6-10-13/h2,5-6,9-10,12,14H,1,3-4,7-8,11H2,(H2,16,17). The van der Waals surface area contributed by atoms with Crippen molar-refractivity contribution in [3.63, 3.8) is 0 Å². The lowest BCUT2D eigenvalue weighted by molar-refractivity contribution is 0.314. The number of nitrogens with two attached hydrogens (primary N) is 1. The van der Waals surface area contributed by atoms with E-state index < -0.39 is 0 Å². The Morgan fingerprint density at radius 3 is 2.50 bits per heavy atom. The molecule has 1 aromatic rings. The highest BCUT2D eigenvalue weighted by atomic mass is 15.3. The molecule has 0 aromatic heterocycles. The van der Waals surface area contributed by atoms with Crippen LogP contribution in [0.25, 0.3) is 0 Å². The molecule has 1 saturated carbocycles. The number of para-hydroxylation sites is 1. The maximum absolute atomic E-state index is 6.08. The second kappa shape index (κ2) is 5.01. The van der Waals surface area contributed by atoms with Gasteiger partial charge in [-0.15, -0.1) is 0 Å². The quantitative estimate of drug-likeness (QED) is 0.867. The molecule has 0 amide bonds. The zero-order valence-electron chi connectivity index (χ0n) is 10.8. The number of guanidine groups is 1. The summed E-state index contributed by atoms with van der Waals surface area (Å²) in [4.78, 5) is 6.72. The van der Waals surface area contributed by atoms with Crippen LogP contribution in [0.4, 0.5) is 5.69 Å². The molecule has 1 aliphatic heterocycles. The van der Waals surface area contributed by atoms with Gasteiger partial charge in [0, 0.05) is 5.69 Å². The zero-order chi connectivity index (χ0) is 12.4. The fraction of sp³-hybridized carbons (Fsp3) is 0.533. The van der Waals surface area contributed by atoms with Crippen molar-refractivity contribution in [1.82, 2.24) is 0 Å². The summed E-state index contributed by atoms with van der Waals surface area (Å²) >= 11 is 0. The van der Waals surface area contributed by atoms with Gasteiger partial charge in [-0.05, 0) is 30.9 Å². The van der Waals surface area contributed by atoms with Crippen LogP contribution < -0.4 is 10.6 Å². The van der Waals surface area contributed by atoms with Crippen LogP contribution in [0.15, 0.2) is 35.3 Å². The molecule has 0 bridgehead atoms. The normalized spacial score (nSPS) is 25.2. The van der Waals surface area contributed by atoms with E-state index in [2.05, 4.69) is 34.2 Å². The molecule has 0 spiro atoms. The van der Waals surface area contributed by atoms with Crippen LogP contribution in [0.5, 0.6) is 0 Å². The summed E-state index contributed by atoms with van der Waals surface area (Å²) in [6, 6.07) is 10.9. The molecule has 3 heteroatoms. The molecule has 0 radical (unpaired) electrons. The number of anilines is 1. The van der Waals surface area contributed by atoms with E-state index in [4.69, 9.17) is 5.73 Å². The van der Waals surface area contributed by atoms with E-state index >= 15 is 0 Å². The fourth-order valence-corrected chi connectivity index (χ4v) is 3.31. The Morgan fingerprint density at radius 1 is 1.06 bits per heavy atom. The molecular formula is C15H21N3. The van der Waals surface area contributed by atoms with Crippen LogP contribution in [-0.4, -0.2) is 18.5 Å². The van der Waals surface area contributed by atoms with Crippen LogP contribution in [0.1, 0.15) is 32.1 Å². The van der Waals surface area contributed by atoms with Crippen LogP contribution in [0, 0.1) is 5.92 Å². The maximum atomic E-state index is 6.08. The largest absolute Gasteiger partial charge is 0.370 e. The first-order valence-corrected chi connectivity index (χ1v) is 7.00. The van der Waals surface area contributed by atoms with Crippen LogP contribution in [-0.2, 0) is 0 Å². The van der Waals surface area contributed by atoms with Gasteiger partial charge in [-0.3, -0.25) is 4.99 Å². The van der Waals surface area contributed by atoms with Crippen molar-refractivity contribution in [2.75, 3.05) is 11.4 Å². The molecule has 1 atom stereocenters. The molecule has 3 rings (SSSR count). The van der Waals surface area contributed by atoms with Gasteiger partial charge in [-0.25, -0.2) is 0 Å². The van der Waals surface area contributed by atoms with E-state index in [1.54, 1.807) is 0 Å². The highest BCUT2D eigenvalue weighted by Crippen LogP contribution is 2.33. The third-order valence-electron chi connectivity index (χ3n) is 4.25. The highest BCUT2D eigenvalue weighted by molar-refractivity contribution is 5.97. The van der Waals surface area contributed by atoms with E-state index in [1.165, 1.54) is 37.8 Å². The maximum Gasteiger partial charge on any atom is 0.196 e. The summed E-state index contributed by atoms with van der Waals surface area (Å²) in [5.41, 5.74) is 7.27. The topological polar surface area (TPSA) is 41.6 Å². The lowest BCUT2D eigenvalue weighted by Crippen LogP contribution is -2.45. The lowest BCUT2D eigenvalue weighted by Gasteiger charge is -2.34. The molecule has 1 unspecified atom stereocenters. The summed E-state index contributed by atoms with van der Waals surface area (Å²) in [6.07, 6.45) is 6.78. The molecule has 3 nitrogen and oxygen atoms in total. The van der Waals surface area contributed by atoms with Gasteiger partial charge in [0.05, 0.1) is 12.6 Å². The molecule has 1 aromatic carbocycles. The summed E-state index contributed by atoms with van der Waals surface area (Å²) in [5, 5.41) is 0. The summed E-state index contributed by atoms with van der Waals surface area (Å²) < 4.78 is 0. The van der Waals surface area contributed by atoms with E-state index in [1.807, 2.05) is 6.07 Å². The minimum absolute atomic E-state index is 0.479. The predicted molar refractivity (Wildman–Crippen MR) is 75.8 cm³/mol. The van der Waals surface area contributed by atoms with Crippen molar-refractivity contribution < 1.29 is 0 Å². The number of nitrogens with zero attached hydrogens (tertiary/aromatic N) is 2.